The highest BCUT2D eigenvalue weighted by Crippen LogP contribution is 2.31. The summed E-state index contributed by atoms with van der Waals surface area (Å²) in [7, 11) is 1.53. The minimum absolute atomic E-state index is 0.170. The molecule has 29 heavy (non-hydrogen) atoms. The van der Waals surface area contributed by atoms with Crippen molar-refractivity contribution in [3.8, 4) is 0 Å². The Morgan fingerprint density at radius 1 is 1.10 bits per heavy atom. The van der Waals surface area contributed by atoms with Crippen molar-refractivity contribution in [3.05, 3.63) is 48.2 Å². The molecule has 1 unspecified atom stereocenters. The number of amides is 2. The molecule has 1 aromatic carbocycles. The van der Waals surface area contributed by atoms with Gasteiger partial charge in [-0.3, -0.25) is 9.59 Å². The van der Waals surface area contributed by atoms with Crippen molar-refractivity contribution in [2.45, 2.75) is 44.2 Å². The van der Waals surface area contributed by atoms with E-state index in [1.165, 1.54) is 13.5 Å². The summed E-state index contributed by atoms with van der Waals surface area (Å²) in [5.41, 5.74) is 0.807. The first-order valence-corrected chi connectivity index (χ1v) is 10.4. The second-order valence-electron chi connectivity index (χ2n) is 7.86. The number of anilines is 1. The van der Waals surface area contributed by atoms with E-state index >= 15 is 0 Å². The molecule has 1 aliphatic heterocycles. The molecular weight excluding hydrogens is 368 g/mol. The van der Waals surface area contributed by atoms with Gasteiger partial charge in [-0.1, -0.05) is 36.8 Å². The summed E-state index contributed by atoms with van der Waals surface area (Å²) >= 11 is 0. The van der Waals surface area contributed by atoms with Crippen molar-refractivity contribution in [2.24, 2.45) is 5.92 Å². The first-order chi connectivity index (χ1) is 14.2. The minimum atomic E-state index is -0.679. The molecule has 2 amide bonds. The van der Waals surface area contributed by atoms with E-state index in [2.05, 4.69) is 10.4 Å². The van der Waals surface area contributed by atoms with Crippen LogP contribution >= 0.6 is 0 Å². The molecule has 0 spiro atoms. The van der Waals surface area contributed by atoms with Gasteiger partial charge >= 0.3 is 0 Å². The SMILES string of the molecule is COC(C(=O)Nc1ccnn1C1CCN(C(=O)C2CCC2)CC1)c1ccccc1. The van der Waals surface area contributed by atoms with Crippen LogP contribution in [0.25, 0.3) is 0 Å². The Balaban J connectivity index is 1.38. The molecule has 2 heterocycles. The third-order valence-electron chi connectivity index (χ3n) is 6.07. The fraction of sp³-hybridized carbons (Fsp3) is 0.500. The molecule has 1 N–H and O–H groups in total. The Labute approximate surface area is 171 Å². The Kier molecular flexibility index (Phi) is 5.94. The van der Waals surface area contributed by atoms with Gasteiger partial charge in [-0.2, -0.15) is 5.10 Å². The second kappa shape index (κ2) is 8.78. The van der Waals surface area contributed by atoms with Crippen LogP contribution in [0.15, 0.2) is 42.6 Å². The normalized spacial score (nSPS) is 18.9. The van der Waals surface area contributed by atoms with Crippen LogP contribution in [0.2, 0.25) is 0 Å². The highest BCUT2D eigenvalue weighted by atomic mass is 16.5. The predicted molar refractivity (Wildman–Crippen MR) is 109 cm³/mol. The summed E-state index contributed by atoms with van der Waals surface area (Å²) in [6.45, 7) is 1.50. The third kappa shape index (κ3) is 4.19. The molecule has 2 aliphatic rings. The van der Waals surface area contributed by atoms with Crippen LogP contribution in [0, 0.1) is 5.92 Å². The number of nitrogens with zero attached hydrogens (tertiary/aromatic N) is 3. The van der Waals surface area contributed by atoms with Gasteiger partial charge in [0.25, 0.3) is 5.91 Å². The van der Waals surface area contributed by atoms with Gasteiger partial charge in [-0.15, -0.1) is 0 Å². The van der Waals surface area contributed by atoms with E-state index in [-0.39, 0.29) is 17.9 Å². The monoisotopic (exact) mass is 396 g/mol. The van der Waals surface area contributed by atoms with Crippen LogP contribution in [0.4, 0.5) is 5.82 Å². The zero-order chi connectivity index (χ0) is 20.2. The van der Waals surface area contributed by atoms with Crippen molar-refractivity contribution in [1.29, 1.82) is 0 Å². The van der Waals surface area contributed by atoms with Gasteiger partial charge in [0.05, 0.1) is 12.2 Å². The lowest BCUT2D eigenvalue weighted by molar-refractivity contribution is -0.139. The van der Waals surface area contributed by atoms with Crippen LogP contribution in [-0.2, 0) is 14.3 Å². The molecule has 0 radical (unpaired) electrons. The van der Waals surface area contributed by atoms with E-state index in [4.69, 9.17) is 4.74 Å². The molecule has 2 fully saturated rings. The van der Waals surface area contributed by atoms with Crippen molar-refractivity contribution >= 4 is 17.6 Å². The molecule has 1 saturated heterocycles. The van der Waals surface area contributed by atoms with Gasteiger partial charge < -0.3 is 15.0 Å². The van der Waals surface area contributed by atoms with Gasteiger partial charge in [0.15, 0.2) is 6.10 Å². The Hall–Kier alpha value is -2.67. The average molecular weight is 396 g/mol. The van der Waals surface area contributed by atoms with Crippen LogP contribution in [-0.4, -0.2) is 46.7 Å². The Morgan fingerprint density at radius 2 is 1.83 bits per heavy atom. The van der Waals surface area contributed by atoms with Crippen molar-refractivity contribution in [3.63, 3.8) is 0 Å². The minimum Gasteiger partial charge on any atom is -0.367 e. The lowest BCUT2D eigenvalue weighted by Crippen LogP contribution is -2.44. The molecule has 0 bridgehead atoms. The van der Waals surface area contributed by atoms with E-state index in [0.29, 0.717) is 11.7 Å². The maximum absolute atomic E-state index is 12.8. The molecule has 1 saturated carbocycles. The maximum Gasteiger partial charge on any atom is 0.259 e. The smallest absolute Gasteiger partial charge is 0.259 e. The summed E-state index contributed by atoms with van der Waals surface area (Å²) in [6, 6.07) is 11.4. The zero-order valence-corrected chi connectivity index (χ0v) is 16.8. The van der Waals surface area contributed by atoms with E-state index in [1.807, 2.05) is 46.0 Å². The molecular formula is C22H28N4O3. The number of carbonyl (C=O) groups excluding carboxylic acids is 2. The molecule has 2 aromatic rings. The van der Waals surface area contributed by atoms with Crippen LogP contribution in [0.1, 0.15) is 49.8 Å². The number of likely N-dealkylation sites (tertiary alicyclic amines) is 1. The highest BCUT2D eigenvalue weighted by Gasteiger charge is 2.32. The van der Waals surface area contributed by atoms with Gasteiger partial charge in [0.2, 0.25) is 5.91 Å². The van der Waals surface area contributed by atoms with Crippen molar-refractivity contribution < 1.29 is 14.3 Å². The Bertz CT molecular complexity index is 839. The van der Waals surface area contributed by atoms with E-state index in [0.717, 1.165) is 44.3 Å². The van der Waals surface area contributed by atoms with Gasteiger partial charge in [0.1, 0.15) is 5.82 Å². The quantitative estimate of drug-likeness (QED) is 0.814. The van der Waals surface area contributed by atoms with Crippen LogP contribution in [0.5, 0.6) is 0 Å². The number of nitrogens with one attached hydrogen (secondary N) is 1. The molecule has 1 aliphatic carbocycles. The number of rotatable bonds is 6. The van der Waals surface area contributed by atoms with Gasteiger partial charge in [-0.25, -0.2) is 4.68 Å². The molecule has 1 aromatic heterocycles. The number of ether oxygens (including phenoxy) is 1. The number of benzene rings is 1. The van der Waals surface area contributed by atoms with E-state index < -0.39 is 6.10 Å². The molecule has 154 valence electrons. The van der Waals surface area contributed by atoms with Crippen LogP contribution in [0.3, 0.4) is 0 Å². The van der Waals surface area contributed by atoms with E-state index in [9.17, 15) is 9.59 Å². The van der Waals surface area contributed by atoms with Crippen molar-refractivity contribution in [1.82, 2.24) is 14.7 Å². The zero-order valence-electron chi connectivity index (χ0n) is 16.8. The number of methoxy groups -OCH3 is 1. The predicted octanol–water partition coefficient (Wildman–Crippen LogP) is 3.17. The molecule has 1 atom stereocenters. The number of hydrogen-bond donors (Lipinski definition) is 1. The standard InChI is InChI=1S/C22H28N4O3/c1-29-20(16-6-3-2-4-7-16)21(27)24-19-10-13-23-26(19)18-11-14-25(15-12-18)22(28)17-8-5-9-17/h2-4,6-7,10,13,17-18,20H,5,8-9,11-12,14-15H2,1H3,(H,24,27). The van der Waals surface area contributed by atoms with Crippen molar-refractivity contribution in [2.75, 3.05) is 25.5 Å². The first kappa shape index (κ1) is 19.6. The topological polar surface area (TPSA) is 76.5 Å². The maximum atomic E-state index is 12.8. The fourth-order valence-corrected chi connectivity index (χ4v) is 4.16. The summed E-state index contributed by atoms with van der Waals surface area (Å²) in [5, 5.41) is 7.40. The summed E-state index contributed by atoms with van der Waals surface area (Å²) in [4.78, 5) is 27.3. The van der Waals surface area contributed by atoms with Gasteiger partial charge in [-0.05, 0) is 31.2 Å². The fourth-order valence-electron chi connectivity index (χ4n) is 4.16. The summed E-state index contributed by atoms with van der Waals surface area (Å²) in [5.74, 6) is 0.999. The Morgan fingerprint density at radius 3 is 2.45 bits per heavy atom. The molecule has 7 heteroatoms. The second-order valence-corrected chi connectivity index (χ2v) is 7.86. The van der Waals surface area contributed by atoms with Crippen LogP contribution < -0.4 is 5.32 Å². The lowest BCUT2D eigenvalue weighted by Gasteiger charge is -2.37. The van der Waals surface area contributed by atoms with Gasteiger partial charge in [0, 0.05) is 32.2 Å². The first-order valence-electron chi connectivity index (χ1n) is 10.4. The average Bonchev–Trinajstić information content (AvgIpc) is 3.16. The highest BCUT2D eigenvalue weighted by molar-refractivity contribution is 5.94. The largest absolute Gasteiger partial charge is 0.367 e. The lowest BCUT2D eigenvalue weighted by atomic mass is 9.84. The number of carbonyl (C=O) groups is 2. The molecule has 7 nitrogen and oxygen atoms in total. The summed E-state index contributed by atoms with van der Waals surface area (Å²) in [6.07, 6.45) is 5.96. The number of hydrogen-bond acceptors (Lipinski definition) is 4. The third-order valence-corrected chi connectivity index (χ3v) is 6.07. The summed E-state index contributed by atoms with van der Waals surface area (Å²) < 4.78 is 7.30. The number of piperidine rings is 1. The van der Waals surface area contributed by atoms with E-state index in [1.54, 1.807) is 6.20 Å². The number of aromatic nitrogens is 2. The molecule has 4 rings (SSSR count).